The molecule has 12 heteroatoms. The normalized spacial score (nSPS) is 15.9. The van der Waals surface area contributed by atoms with Crippen LogP contribution < -0.4 is 16.1 Å². The summed E-state index contributed by atoms with van der Waals surface area (Å²) >= 11 is 3.44. The Morgan fingerprint density at radius 1 is 1.07 bits per heavy atom. The Morgan fingerprint density at radius 2 is 1.80 bits per heavy atom. The fourth-order valence-corrected chi connectivity index (χ4v) is 4.59. The van der Waals surface area contributed by atoms with E-state index in [2.05, 4.69) is 32.0 Å². The molecule has 3 N–H and O–H groups in total. The highest BCUT2D eigenvalue weighted by atomic mass is 79.9. The van der Waals surface area contributed by atoms with Gasteiger partial charge in [0.15, 0.2) is 0 Å². The molecule has 1 saturated heterocycles. The number of carbonyl (C=O) groups excluding carboxylic acids is 4. The van der Waals surface area contributed by atoms with E-state index in [0.29, 0.717) is 35.1 Å². The van der Waals surface area contributed by atoms with Crippen molar-refractivity contribution in [1.29, 1.82) is 0 Å². The third kappa shape index (κ3) is 9.83. The third-order valence-electron chi connectivity index (χ3n) is 5.78. The molecule has 0 spiro atoms. The Kier molecular flexibility index (Phi) is 10.9. The molecule has 2 unspecified atom stereocenters. The van der Waals surface area contributed by atoms with Crippen LogP contribution in [0.4, 0.5) is 15.3 Å². The maximum atomic E-state index is 13.6. The van der Waals surface area contributed by atoms with Crippen molar-refractivity contribution in [2.24, 2.45) is 0 Å². The molecule has 0 saturated carbocycles. The summed E-state index contributed by atoms with van der Waals surface area (Å²) in [6.07, 6.45) is -0.231. The smallest absolute Gasteiger partial charge is 0.411 e. The van der Waals surface area contributed by atoms with Crippen LogP contribution in [0, 0.1) is 0 Å². The predicted molar refractivity (Wildman–Crippen MR) is 151 cm³/mol. The molecule has 0 aromatic heterocycles. The molecule has 3 rings (SSSR count). The number of carbonyl (C=O) groups is 4. The Bertz CT molecular complexity index is 1200. The summed E-state index contributed by atoms with van der Waals surface area (Å²) in [4.78, 5) is 50.7. The monoisotopic (exact) mass is 618 g/mol. The molecule has 0 aliphatic carbocycles. The minimum Gasteiger partial charge on any atom is -0.468 e. The predicted octanol–water partition coefficient (Wildman–Crippen LogP) is 4.30. The minimum absolute atomic E-state index is 0.0757. The van der Waals surface area contributed by atoms with Crippen molar-refractivity contribution in [2.75, 3.05) is 19.0 Å². The van der Waals surface area contributed by atoms with Gasteiger partial charge in [0.1, 0.15) is 24.3 Å². The number of amides is 3. The van der Waals surface area contributed by atoms with Gasteiger partial charge in [0.25, 0.3) is 5.91 Å². The number of methoxy groups -OCH3 is 1. The Hall–Kier alpha value is -3.64. The number of halogens is 1. The number of ether oxygens (including phenoxy) is 3. The largest absolute Gasteiger partial charge is 0.468 e. The van der Waals surface area contributed by atoms with Crippen molar-refractivity contribution in [1.82, 2.24) is 15.8 Å². The van der Waals surface area contributed by atoms with Gasteiger partial charge in [-0.2, -0.15) is 0 Å². The molecule has 1 aliphatic heterocycles. The van der Waals surface area contributed by atoms with E-state index in [1.807, 2.05) is 30.3 Å². The zero-order valence-electron chi connectivity index (χ0n) is 23.0. The van der Waals surface area contributed by atoms with Crippen LogP contribution >= 0.6 is 15.9 Å². The van der Waals surface area contributed by atoms with Gasteiger partial charge in [-0.15, -0.1) is 0 Å². The van der Waals surface area contributed by atoms with Gasteiger partial charge in [-0.05, 0) is 62.9 Å². The lowest BCUT2D eigenvalue weighted by Crippen LogP contribution is -2.60. The molecule has 2 aromatic carbocycles. The average molecular weight is 620 g/mol. The lowest BCUT2D eigenvalue weighted by molar-refractivity contribution is -0.150. The molecule has 1 aliphatic rings. The van der Waals surface area contributed by atoms with Gasteiger partial charge < -0.3 is 19.5 Å². The second-order valence-electron chi connectivity index (χ2n) is 10.3. The van der Waals surface area contributed by atoms with E-state index in [1.165, 1.54) is 12.1 Å². The quantitative estimate of drug-likeness (QED) is 0.294. The highest BCUT2D eigenvalue weighted by molar-refractivity contribution is 9.10. The zero-order valence-corrected chi connectivity index (χ0v) is 24.6. The first-order chi connectivity index (χ1) is 18.9. The van der Waals surface area contributed by atoms with E-state index in [1.54, 1.807) is 39.0 Å². The number of esters is 1. The van der Waals surface area contributed by atoms with Gasteiger partial charge in [0, 0.05) is 23.1 Å². The second-order valence-corrected chi connectivity index (χ2v) is 11.2. The Balaban J connectivity index is 1.75. The third-order valence-corrected chi connectivity index (χ3v) is 6.24. The molecule has 216 valence electrons. The van der Waals surface area contributed by atoms with Crippen molar-refractivity contribution in [3.8, 4) is 0 Å². The summed E-state index contributed by atoms with van der Waals surface area (Å²) in [5, 5.41) is 6.68. The van der Waals surface area contributed by atoms with E-state index < -0.39 is 41.7 Å². The van der Waals surface area contributed by atoms with Crippen LogP contribution in [0.1, 0.15) is 44.7 Å². The topological polar surface area (TPSA) is 135 Å². The van der Waals surface area contributed by atoms with Crippen LogP contribution in [-0.2, 0) is 36.8 Å². The van der Waals surface area contributed by atoms with Gasteiger partial charge in [-0.25, -0.2) is 15.0 Å². The molecule has 2 aromatic rings. The number of anilines is 1. The molecule has 40 heavy (non-hydrogen) atoms. The molecular formula is C28H35BrN4O7. The summed E-state index contributed by atoms with van der Waals surface area (Å²) in [6.45, 7) is 5.62. The van der Waals surface area contributed by atoms with E-state index >= 15 is 0 Å². The molecule has 1 fully saturated rings. The molecule has 0 bridgehead atoms. The summed E-state index contributed by atoms with van der Waals surface area (Å²) in [5.41, 5.74) is 4.06. The van der Waals surface area contributed by atoms with Crippen molar-refractivity contribution in [3.63, 3.8) is 0 Å². The van der Waals surface area contributed by atoms with E-state index in [0.717, 1.165) is 5.56 Å². The number of nitrogens with one attached hydrogen (secondary N) is 3. The number of alkyl carbamates (subject to hydrolysis) is 1. The lowest BCUT2D eigenvalue weighted by Gasteiger charge is -2.35. The van der Waals surface area contributed by atoms with Crippen molar-refractivity contribution in [2.45, 2.75) is 64.3 Å². The van der Waals surface area contributed by atoms with Gasteiger partial charge in [-0.3, -0.25) is 19.9 Å². The number of hydrogen-bond acceptors (Lipinski definition) is 8. The molecule has 2 atom stereocenters. The van der Waals surface area contributed by atoms with Crippen molar-refractivity contribution in [3.05, 3.63) is 64.1 Å². The molecule has 11 nitrogen and oxygen atoms in total. The van der Waals surface area contributed by atoms with Gasteiger partial charge in [0.05, 0.1) is 7.11 Å². The number of hydrazine groups is 1. The highest BCUT2D eigenvalue weighted by Crippen LogP contribution is 2.22. The van der Waals surface area contributed by atoms with E-state index in [4.69, 9.17) is 14.2 Å². The SMILES string of the molecule is COC(=O)C1CCCN(C(=O)C(Cc2cc(Br)cc(NC(=O)OCc3ccccc3)c2)NC(=O)OC(C)(C)C)N1. The van der Waals surface area contributed by atoms with Crippen LogP contribution in [0.3, 0.4) is 0 Å². The fourth-order valence-electron chi connectivity index (χ4n) is 4.05. The first-order valence-corrected chi connectivity index (χ1v) is 13.6. The summed E-state index contributed by atoms with van der Waals surface area (Å²) in [6, 6.07) is 12.7. The van der Waals surface area contributed by atoms with Crippen LogP contribution in [0.2, 0.25) is 0 Å². The lowest BCUT2D eigenvalue weighted by atomic mass is 10.0. The maximum Gasteiger partial charge on any atom is 0.411 e. The fraction of sp³-hybridized carbons (Fsp3) is 0.429. The number of benzene rings is 2. The molecule has 1 heterocycles. The second kappa shape index (κ2) is 14.1. The Morgan fingerprint density at radius 3 is 2.48 bits per heavy atom. The number of rotatable bonds is 8. The highest BCUT2D eigenvalue weighted by Gasteiger charge is 2.33. The van der Waals surface area contributed by atoms with Crippen molar-refractivity contribution < 1.29 is 33.4 Å². The summed E-state index contributed by atoms with van der Waals surface area (Å²) in [7, 11) is 1.29. The van der Waals surface area contributed by atoms with Crippen LogP contribution in [-0.4, -0.2) is 60.4 Å². The van der Waals surface area contributed by atoms with E-state index in [9.17, 15) is 19.2 Å². The average Bonchev–Trinajstić information content (AvgIpc) is 2.90. The Labute approximate surface area is 242 Å². The number of nitrogens with zero attached hydrogens (tertiary/aromatic N) is 1. The van der Waals surface area contributed by atoms with Crippen LogP contribution in [0.15, 0.2) is 53.0 Å². The van der Waals surface area contributed by atoms with Gasteiger partial charge in [-0.1, -0.05) is 46.3 Å². The molecule has 0 radical (unpaired) electrons. The standard InChI is InChI=1S/C28H35BrN4O7/c1-28(2,3)40-27(37)31-23(24(34)33-12-8-11-22(32-33)25(35)38-4)15-19-13-20(29)16-21(14-19)30-26(36)39-17-18-9-6-5-7-10-18/h5-7,9-10,13-14,16,22-23,32H,8,11-12,15,17H2,1-4H3,(H,30,36)(H,31,37). The van der Waals surface area contributed by atoms with Gasteiger partial charge in [0.2, 0.25) is 0 Å². The van der Waals surface area contributed by atoms with Crippen LogP contribution in [0.5, 0.6) is 0 Å². The van der Waals surface area contributed by atoms with Gasteiger partial charge >= 0.3 is 18.2 Å². The molecular weight excluding hydrogens is 584 g/mol. The summed E-state index contributed by atoms with van der Waals surface area (Å²) in [5.74, 6) is -0.924. The number of hydrogen-bond donors (Lipinski definition) is 3. The summed E-state index contributed by atoms with van der Waals surface area (Å²) < 4.78 is 16.1. The van der Waals surface area contributed by atoms with Crippen LogP contribution in [0.25, 0.3) is 0 Å². The van der Waals surface area contributed by atoms with Crippen molar-refractivity contribution >= 4 is 45.7 Å². The first kappa shape index (κ1) is 30.9. The maximum absolute atomic E-state index is 13.6. The molecule has 3 amide bonds. The van der Waals surface area contributed by atoms with E-state index in [-0.39, 0.29) is 13.0 Å². The zero-order chi connectivity index (χ0) is 29.3. The minimum atomic E-state index is -1.04. The first-order valence-electron chi connectivity index (χ1n) is 12.9.